The maximum Gasteiger partial charge on any atom is 0.303 e. The summed E-state index contributed by atoms with van der Waals surface area (Å²) in [4.78, 5) is 20.2. The molecule has 0 aliphatic carbocycles. The molecule has 1 fully saturated rings. The molecule has 0 amide bonds. The molecule has 1 saturated heterocycles. The molecule has 1 aliphatic heterocycles. The largest absolute Gasteiger partial charge is 0.481 e. The number of carbonyl (C=O) groups is 1. The Bertz CT molecular complexity index is 911. The number of piperidine rings is 1. The van der Waals surface area contributed by atoms with Gasteiger partial charge in [-0.05, 0) is 54.0 Å². The number of benzene rings is 1. The summed E-state index contributed by atoms with van der Waals surface area (Å²) in [6, 6.07) is 6.93. The van der Waals surface area contributed by atoms with Gasteiger partial charge in [-0.15, -0.1) is 0 Å². The summed E-state index contributed by atoms with van der Waals surface area (Å²) in [6.45, 7) is 7.70. The average Bonchev–Trinajstić information content (AvgIpc) is 2.62. The van der Waals surface area contributed by atoms with E-state index in [1.807, 2.05) is 38.2 Å². The second kappa shape index (κ2) is 8.01. The van der Waals surface area contributed by atoms with Gasteiger partial charge in [-0.3, -0.25) is 4.79 Å². The van der Waals surface area contributed by atoms with E-state index >= 15 is 0 Å². The number of hydrogen-bond donors (Lipinski definition) is 1. The van der Waals surface area contributed by atoms with E-state index in [9.17, 15) is 14.3 Å². The lowest BCUT2D eigenvalue weighted by Crippen LogP contribution is -2.46. The highest BCUT2D eigenvalue weighted by molar-refractivity contribution is 5.82. The number of anilines is 2. The Kier molecular flexibility index (Phi) is 5.82. The van der Waals surface area contributed by atoms with Crippen molar-refractivity contribution in [3.05, 3.63) is 41.8 Å². The SMILES string of the molecule is Cc1cc(F)ccc1-c1cc(N2CCC(CC(=O)O)C(C)(C)C2)ncc1N(C)C. The number of aryl methyl sites for hydroxylation is 1. The Hall–Kier alpha value is -2.63. The molecule has 0 spiro atoms. The lowest BCUT2D eigenvalue weighted by Gasteiger charge is -2.44. The molecule has 1 aromatic carbocycles. The van der Waals surface area contributed by atoms with E-state index in [-0.39, 0.29) is 23.6 Å². The number of halogens is 1. The van der Waals surface area contributed by atoms with Gasteiger partial charge in [0.15, 0.2) is 0 Å². The number of rotatable bonds is 5. The van der Waals surface area contributed by atoms with E-state index in [4.69, 9.17) is 4.98 Å². The van der Waals surface area contributed by atoms with Gasteiger partial charge in [0.25, 0.3) is 0 Å². The van der Waals surface area contributed by atoms with Gasteiger partial charge in [-0.2, -0.15) is 0 Å². The van der Waals surface area contributed by atoms with Crippen molar-refractivity contribution >= 4 is 17.5 Å². The standard InChI is InChI=1S/C23H30FN3O2/c1-15-10-17(24)6-7-18(15)19-12-21(25-13-20(19)26(4)5)27-9-8-16(11-22(28)29)23(2,3)14-27/h6-7,10,12-13,16H,8-9,11,14H2,1-5H3,(H,28,29). The van der Waals surface area contributed by atoms with Crippen molar-refractivity contribution in [2.75, 3.05) is 37.0 Å². The number of carboxylic acids is 1. The van der Waals surface area contributed by atoms with E-state index in [1.54, 1.807) is 6.07 Å². The molecule has 5 nitrogen and oxygen atoms in total. The van der Waals surface area contributed by atoms with Gasteiger partial charge in [-0.25, -0.2) is 9.37 Å². The third-order valence-electron chi connectivity index (χ3n) is 6.02. The molecule has 2 heterocycles. The van der Waals surface area contributed by atoms with Gasteiger partial charge in [-0.1, -0.05) is 19.9 Å². The zero-order chi connectivity index (χ0) is 21.3. The van der Waals surface area contributed by atoms with Crippen LogP contribution in [0.5, 0.6) is 0 Å². The molecule has 0 saturated carbocycles. The molecule has 2 aromatic rings. The van der Waals surface area contributed by atoms with Crippen LogP contribution in [0.3, 0.4) is 0 Å². The second-order valence-electron chi connectivity index (χ2n) is 8.91. The number of pyridine rings is 1. The van der Waals surface area contributed by atoms with Crippen LogP contribution in [0.4, 0.5) is 15.9 Å². The van der Waals surface area contributed by atoms with Crippen LogP contribution >= 0.6 is 0 Å². The fourth-order valence-corrected chi connectivity index (χ4v) is 4.30. The summed E-state index contributed by atoms with van der Waals surface area (Å²) >= 11 is 0. The van der Waals surface area contributed by atoms with Crippen molar-refractivity contribution in [1.29, 1.82) is 0 Å². The third kappa shape index (κ3) is 4.52. The van der Waals surface area contributed by atoms with E-state index in [0.717, 1.165) is 47.7 Å². The Morgan fingerprint density at radius 2 is 2.03 bits per heavy atom. The predicted octanol–water partition coefficient (Wildman–Crippen LogP) is 4.59. The van der Waals surface area contributed by atoms with Crippen molar-refractivity contribution in [3.63, 3.8) is 0 Å². The van der Waals surface area contributed by atoms with Crippen LogP contribution in [0, 0.1) is 24.1 Å². The van der Waals surface area contributed by atoms with Crippen molar-refractivity contribution in [2.24, 2.45) is 11.3 Å². The van der Waals surface area contributed by atoms with Crippen LogP contribution in [0.25, 0.3) is 11.1 Å². The Balaban J connectivity index is 1.96. The summed E-state index contributed by atoms with van der Waals surface area (Å²) in [7, 11) is 3.94. The van der Waals surface area contributed by atoms with Crippen LogP contribution in [-0.2, 0) is 4.79 Å². The minimum Gasteiger partial charge on any atom is -0.481 e. The van der Waals surface area contributed by atoms with Crippen molar-refractivity contribution in [2.45, 2.75) is 33.6 Å². The molecule has 1 aromatic heterocycles. The fraction of sp³-hybridized carbons (Fsp3) is 0.478. The van der Waals surface area contributed by atoms with Crippen molar-refractivity contribution in [1.82, 2.24) is 4.98 Å². The summed E-state index contributed by atoms with van der Waals surface area (Å²) in [5.74, 6) is 0.0422. The quantitative estimate of drug-likeness (QED) is 0.797. The molecule has 1 aliphatic rings. The van der Waals surface area contributed by atoms with Crippen LogP contribution in [0.15, 0.2) is 30.5 Å². The number of hydrogen-bond acceptors (Lipinski definition) is 4. The molecule has 1 N–H and O–H groups in total. The van der Waals surface area contributed by atoms with Crippen molar-refractivity contribution in [3.8, 4) is 11.1 Å². The fourth-order valence-electron chi connectivity index (χ4n) is 4.30. The van der Waals surface area contributed by atoms with Gasteiger partial charge >= 0.3 is 5.97 Å². The number of aliphatic carboxylic acids is 1. The number of aromatic nitrogens is 1. The van der Waals surface area contributed by atoms with Gasteiger partial charge in [0, 0.05) is 39.2 Å². The smallest absolute Gasteiger partial charge is 0.303 e. The summed E-state index contributed by atoms with van der Waals surface area (Å²) in [5, 5.41) is 9.21. The first kappa shape index (κ1) is 21.1. The maximum absolute atomic E-state index is 13.6. The van der Waals surface area contributed by atoms with Crippen LogP contribution in [-0.4, -0.2) is 43.2 Å². The monoisotopic (exact) mass is 399 g/mol. The predicted molar refractivity (Wildman–Crippen MR) is 115 cm³/mol. The van der Waals surface area contributed by atoms with Gasteiger partial charge in [0.05, 0.1) is 11.9 Å². The molecular formula is C23H30FN3O2. The Morgan fingerprint density at radius 1 is 1.31 bits per heavy atom. The molecule has 6 heteroatoms. The van der Waals surface area contributed by atoms with Crippen LogP contribution < -0.4 is 9.80 Å². The van der Waals surface area contributed by atoms with Crippen molar-refractivity contribution < 1.29 is 14.3 Å². The molecule has 0 radical (unpaired) electrons. The minimum absolute atomic E-state index is 0.121. The molecule has 156 valence electrons. The first-order valence-electron chi connectivity index (χ1n) is 9.99. The molecule has 29 heavy (non-hydrogen) atoms. The minimum atomic E-state index is -0.737. The highest BCUT2D eigenvalue weighted by Crippen LogP contribution is 2.40. The molecule has 1 atom stereocenters. The van der Waals surface area contributed by atoms with Crippen LogP contribution in [0.2, 0.25) is 0 Å². The lowest BCUT2D eigenvalue weighted by atomic mass is 9.72. The Labute approximate surface area is 172 Å². The first-order chi connectivity index (χ1) is 13.6. The second-order valence-corrected chi connectivity index (χ2v) is 8.91. The van der Waals surface area contributed by atoms with E-state index in [2.05, 4.69) is 24.8 Å². The highest BCUT2D eigenvalue weighted by atomic mass is 19.1. The van der Waals surface area contributed by atoms with E-state index in [1.165, 1.54) is 6.07 Å². The van der Waals surface area contributed by atoms with E-state index < -0.39 is 5.97 Å². The van der Waals surface area contributed by atoms with Gasteiger partial charge in [0.1, 0.15) is 11.6 Å². The number of carboxylic acid groups (broad SMARTS) is 1. The summed E-state index contributed by atoms with van der Waals surface area (Å²) in [5.41, 5.74) is 3.74. The molecular weight excluding hydrogens is 369 g/mol. The zero-order valence-electron chi connectivity index (χ0n) is 17.9. The molecule has 3 rings (SSSR count). The maximum atomic E-state index is 13.6. The lowest BCUT2D eigenvalue weighted by molar-refractivity contribution is -0.139. The Morgan fingerprint density at radius 3 is 2.62 bits per heavy atom. The molecule has 1 unspecified atom stereocenters. The average molecular weight is 400 g/mol. The normalized spacial score (nSPS) is 18.6. The van der Waals surface area contributed by atoms with Gasteiger partial charge < -0.3 is 14.9 Å². The third-order valence-corrected chi connectivity index (χ3v) is 6.02. The zero-order valence-corrected chi connectivity index (χ0v) is 17.9. The highest BCUT2D eigenvalue weighted by Gasteiger charge is 2.37. The van der Waals surface area contributed by atoms with Crippen LogP contribution in [0.1, 0.15) is 32.3 Å². The molecule has 0 bridgehead atoms. The summed E-state index contributed by atoms with van der Waals surface area (Å²) < 4.78 is 13.6. The topological polar surface area (TPSA) is 56.7 Å². The first-order valence-corrected chi connectivity index (χ1v) is 9.99. The summed E-state index contributed by atoms with van der Waals surface area (Å²) in [6.07, 6.45) is 2.89. The van der Waals surface area contributed by atoms with E-state index in [0.29, 0.717) is 0 Å². The number of nitrogens with zero attached hydrogens (tertiary/aromatic N) is 3. The van der Waals surface area contributed by atoms with Gasteiger partial charge in [0.2, 0.25) is 0 Å².